The SMILES string of the molecule is COc1cc(CCC(=O)/C=C/C2CCC2C(=O)O)ccc1O. The Labute approximate surface area is 129 Å². The van der Waals surface area contributed by atoms with Crippen LogP contribution in [-0.2, 0) is 16.0 Å². The van der Waals surface area contributed by atoms with Gasteiger partial charge < -0.3 is 14.9 Å². The Hall–Kier alpha value is -2.30. The Morgan fingerprint density at radius 1 is 1.36 bits per heavy atom. The predicted molar refractivity (Wildman–Crippen MR) is 81.0 cm³/mol. The Morgan fingerprint density at radius 3 is 2.73 bits per heavy atom. The molecule has 0 aromatic heterocycles. The van der Waals surface area contributed by atoms with Gasteiger partial charge in [0.1, 0.15) is 0 Å². The van der Waals surface area contributed by atoms with Crippen LogP contribution < -0.4 is 4.74 Å². The van der Waals surface area contributed by atoms with Crippen molar-refractivity contribution in [3.05, 3.63) is 35.9 Å². The number of aryl methyl sites for hydroxylation is 1. The van der Waals surface area contributed by atoms with E-state index in [1.807, 2.05) is 0 Å². The molecule has 5 nitrogen and oxygen atoms in total. The molecule has 22 heavy (non-hydrogen) atoms. The third-order valence-electron chi connectivity index (χ3n) is 4.08. The van der Waals surface area contributed by atoms with E-state index in [9.17, 15) is 14.7 Å². The summed E-state index contributed by atoms with van der Waals surface area (Å²) in [5.41, 5.74) is 0.906. The van der Waals surface area contributed by atoms with Crippen molar-refractivity contribution in [2.45, 2.75) is 25.7 Å². The number of hydrogen-bond acceptors (Lipinski definition) is 4. The van der Waals surface area contributed by atoms with Crippen LogP contribution in [0.15, 0.2) is 30.4 Å². The molecule has 2 atom stereocenters. The topological polar surface area (TPSA) is 83.8 Å². The van der Waals surface area contributed by atoms with E-state index in [1.165, 1.54) is 13.2 Å². The number of carboxylic acids is 1. The van der Waals surface area contributed by atoms with Gasteiger partial charge in [-0.05, 0) is 49.0 Å². The summed E-state index contributed by atoms with van der Waals surface area (Å²) in [7, 11) is 1.48. The van der Waals surface area contributed by atoms with Crippen molar-refractivity contribution in [1.82, 2.24) is 0 Å². The van der Waals surface area contributed by atoms with Gasteiger partial charge in [-0.1, -0.05) is 12.1 Å². The van der Waals surface area contributed by atoms with Gasteiger partial charge in [-0.2, -0.15) is 0 Å². The van der Waals surface area contributed by atoms with Crippen LogP contribution in [0.25, 0.3) is 0 Å². The normalized spacial score (nSPS) is 20.6. The molecule has 0 saturated heterocycles. The van der Waals surface area contributed by atoms with Gasteiger partial charge in [-0.25, -0.2) is 0 Å². The zero-order valence-corrected chi connectivity index (χ0v) is 12.5. The van der Waals surface area contributed by atoms with Crippen molar-refractivity contribution in [2.24, 2.45) is 11.8 Å². The maximum Gasteiger partial charge on any atom is 0.307 e. The number of methoxy groups -OCH3 is 1. The Balaban J connectivity index is 1.84. The van der Waals surface area contributed by atoms with E-state index in [4.69, 9.17) is 9.84 Å². The number of carboxylic acid groups (broad SMARTS) is 1. The molecule has 1 aliphatic carbocycles. The maximum absolute atomic E-state index is 11.8. The van der Waals surface area contributed by atoms with E-state index in [2.05, 4.69) is 0 Å². The summed E-state index contributed by atoms with van der Waals surface area (Å²) in [5.74, 6) is -0.713. The van der Waals surface area contributed by atoms with Crippen molar-refractivity contribution >= 4 is 11.8 Å². The third-order valence-corrected chi connectivity index (χ3v) is 4.08. The smallest absolute Gasteiger partial charge is 0.307 e. The van der Waals surface area contributed by atoms with E-state index >= 15 is 0 Å². The predicted octanol–water partition coefficient (Wildman–Crippen LogP) is 2.57. The highest BCUT2D eigenvalue weighted by Gasteiger charge is 2.34. The number of carbonyl (C=O) groups is 2. The molecule has 1 aromatic carbocycles. The molecule has 118 valence electrons. The average Bonchev–Trinajstić information content (AvgIpc) is 2.44. The number of benzene rings is 1. The summed E-state index contributed by atoms with van der Waals surface area (Å²) in [6, 6.07) is 5.00. The number of ketones is 1. The molecule has 0 spiro atoms. The first-order valence-electron chi connectivity index (χ1n) is 7.31. The molecule has 0 heterocycles. The molecular weight excluding hydrogens is 284 g/mol. The molecule has 2 N–H and O–H groups in total. The summed E-state index contributed by atoms with van der Waals surface area (Å²) in [6.45, 7) is 0. The molecule has 0 radical (unpaired) electrons. The summed E-state index contributed by atoms with van der Waals surface area (Å²) >= 11 is 0. The first kappa shape index (κ1) is 16.1. The summed E-state index contributed by atoms with van der Waals surface area (Å²) in [6.07, 6.45) is 5.63. The molecule has 1 saturated carbocycles. The lowest BCUT2D eigenvalue weighted by Gasteiger charge is -2.30. The van der Waals surface area contributed by atoms with E-state index in [-0.39, 0.29) is 23.4 Å². The second kappa shape index (κ2) is 7.11. The molecule has 1 aliphatic rings. The number of phenols is 1. The van der Waals surface area contributed by atoms with Gasteiger partial charge in [0.2, 0.25) is 0 Å². The average molecular weight is 304 g/mol. The minimum absolute atomic E-state index is 0.0183. The number of hydrogen-bond donors (Lipinski definition) is 2. The van der Waals surface area contributed by atoms with Crippen LogP contribution in [0.2, 0.25) is 0 Å². The number of ether oxygens (including phenoxy) is 1. The standard InChI is InChI=1S/C17H20O5/c1-22-16-10-11(3-9-15(16)19)2-6-13(18)7-4-12-5-8-14(12)17(20)21/h3-4,7,9-10,12,14,19H,2,5-6,8H2,1H3,(H,20,21)/b7-4+. The molecule has 0 bridgehead atoms. The van der Waals surface area contributed by atoms with E-state index < -0.39 is 5.97 Å². The van der Waals surface area contributed by atoms with Crippen LogP contribution >= 0.6 is 0 Å². The number of aromatic hydroxyl groups is 1. The number of allylic oxidation sites excluding steroid dienone is 2. The fraction of sp³-hybridized carbons (Fsp3) is 0.412. The molecule has 2 rings (SSSR count). The van der Waals surface area contributed by atoms with Gasteiger partial charge in [0, 0.05) is 6.42 Å². The lowest BCUT2D eigenvalue weighted by atomic mass is 9.73. The largest absolute Gasteiger partial charge is 0.504 e. The van der Waals surface area contributed by atoms with E-state index in [0.29, 0.717) is 25.0 Å². The Bertz CT molecular complexity index is 591. The van der Waals surface area contributed by atoms with E-state index in [0.717, 1.165) is 12.0 Å². The van der Waals surface area contributed by atoms with Crippen molar-refractivity contribution in [3.8, 4) is 11.5 Å². The van der Waals surface area contributed by atoms with Crippen molar-refractivity contribution in [2.75, 3.05) is 7.11 Å². The molecule has 1 fully saturated rings. The first-order valence-corrected chi connectivity index (χ1v) is 7.31. The van der Waals surface area contributed by atoms with E-state index in [1.54, 1.807) is 24.3 Å². The Morgan fingerprint density at radius 2 is 2.14 bits per heavy atom. The number of phenolic OH excluding ortho intramolecular Hbond substituents is 1. The molecule has 2 unspecified atom stereocenters. The third kappa shape index (κ3) is 3.87. The fourth-order valence-corrected chi connectivity index (χ4v) is 2.52. The molecule has 0 aliphatic heterocycles. The van der Waals surface area contributed by atoms with Crippen LogP contribution in [0.3, 0.4) is 0 Å². The van der Waals surface area contributed by atoms with Gasteiger partial charge in [-0.3, -0.25) is 9.59 Å². The lowest BCUT2D eigenvalue weighted by Crippen LogP contribution is -2.31. The second-order valence-electron chi connectivity index (χ2n) is 5.52. The highest BCUT2D eigenvalue weighted by molar-refractivity contribution is 5.90. The van der Waals surface area contributed by atoms with Crippen LogP contribution in [-0.4, -0.2) is 29.1 Å². The van der Waals surface area contributed by atoms with Crippen LogP contribution in [0.5, 0.6) is 11.5 Å². The minimum Gasteiger partial charge on any atom is -0.504 e. The molecular formula is C17H20O5. The minimum atomic E-state index is -0.787. The maximum atomic E-state index is 11.8. The summed E-state index contributed by atoms with van der Waals surface area (Å²) in [5, 5.41) is 18.5. The zero-order valence-electron chi connectivity index (χ0n) is 12.5. The van der Waals surface area contributed by atoms with Crippen LogP contribution in [0, 0.1) is 11.8 Å². The van der Waals surface area contributed by atoms with Gasteiger partial charge in [-0.15, -0.1) is 0 Å². The number of rotatable bonds is 7. The fourth-order valence-electron chi connectivity index (χ4n) is 2.52. The van der Waals surface area contributed by atoms with Crippen molar-refractivity contribution in [1.29, 1.82) is 0 Å². The second-order valence-corrected chi connectivity index (χ2v) is 5.52. The first-order chi connectivity index (χ1) is 10.5. The van der Waals surface area contributed by atoms with Gasteiger partial charge in [0.15, 0.2) is 17.3 Å². The lowest BCUT2D eigenvalue weighted by molar-refractivity contribution is -0.146. The van der Waals surface area contributed by atoms with Crippen molar-refractivity contribution < 1.29 is 24.5 Å². The highest BCUT2D eigenvalue weighted by Crippen LogP contribution is 2.35. The quantitative estimate of drug-likeness (QED) is 0.756. The van der Waals surface area contributed by atoms with Crippen LogP contribution in [0.4, 0.5) is 0 Å². The zero-order chi connectivity index (χ0) is 16.1. The van der Waals surface area contributed by atoms with Gasteiger partial charge in [0.05, 0.1) is 13.0 Å². The van der Waals surface area contributed by atoms with Crippen molar-refractivity contribution in [3.63, 3.8) is 0 Å². The number of aliphatic carboxylic acids is 1. The molecule has 0 amide bonds. The molecule has 5 heteroatoms. The van der Waals surface area contributed by atoms with Gasteiger partial charge >= 0.3 is 5.97 Å². The number of carbonyl (C=O) groups excluding carboxylic acids is 1. The summed E-state index contributed by atoms with van der Waals surface area (Å²) < 4.78 is 5.02. The monoisotopic (exact) mass is 304 g/mol. The van der Waals surface area contributed by atoms with Gasteiger partial charge in [0.25, 0.3) is 0 Å². The Kier molecular flexibility index (Phi) is 5.20. The summed E-state index contributed by atoms with van der Waals surface area (Å²) in [4.78, 5) is 22.7. The highest BCUT2D eigenvalue weighted by atomic mass is 16.5. The molecule has 1 aromatic rings. The van der Waals surface area contributed by atoms with Crippen LogP contribution in [0.1, 0.15) is 24.8 Å².